The van der Waals surface area contributed by atoms with E-state index < -0.39 is 61.5 Å². The highest BCUT2D eigenvalue weighted by molar-refractivity contribution is 5.80. The predicted molar refractivity (Wildman–Crippen MR) is 200 cm³/mol. The summed E-state index contributed by atoms with van der Waals surface area (Å²) in [4.78, 5) is 13.0. The lowest BCUT2D eigenvalue weighted by molar-refractivity contribution is -0.302. The van der Waals surface area contributed by atoms with Gasteiger partial charge in [0.05, 0.1) is 25.4 Å². The topological polar surface area (TPSA) is 169 Å². The van der Waals surface area contributed by atoms with Crippen molar-refractivity contribution < 1.29 is 44.9 Å². The SMILES string of the molecule is CCCCCCCCC/C=C/CCCCC(O)C(COC1OC(CO)C(O)C(O)C1O)NC(=O)C(O)CCCCCCCCCCCCCC. The summed E-state index contributed by atoms with van der Waals surface area (Å²) >= 11 is 0. The molecule has 1 amide bonds. The Labute approximate surface area is 304 Å². The molecule has 1 heterocycles. The molecule has 8 unspecified atom stereocenters. The molecule has 7 N–H and O–H groups in total. The first kappa shape index (κ1) is 46.9. The minimum Gasteiger partial charge on any atom is -0.394 e. The van der Waals surface area contributed by atoms with Gasteiger partial charge in [-0.2, -0.15) is 0 Å². The van der Waals surface area contributed by atoms with Crippen LogP contribution in [0, 0.1) is 0 Å². The first-order chi connectivity index (χ1) is 24.3. The fourth-order valence-electron chi connectivity index (χ4n) is 6.51. The summed E-state index contributed by atoms with van der Waals surface area (Å²) < 4.78 is 11.1. The van der Waals surface area contributed by atoms with Crippen LogP contribution in [-0.4, -0.2) is 98.7 Å². The number of allylic oxidation sites excluding steroid dienone is 2. The first-order valence-electron chi connectivity index (χ1n) is 20.5. The number of rotatable bonds is 33. The van der Waals surface area contributed by atoms with Crippen LogP contribution in [0.3, 0.4) is 0 Å². The van der Waals surface area contributed by atoms with Gasteiger partial charge in [-0.05, 0) is 38.5 Å². The van der Waals surface area contributed by atoms with Gasteiger partial charge in [0.1, 0.15) is 30.5 Å². The van der Waals surface area contributed by atoms with Gasteiger partial charge < -0.3 is 45.4 Å². The lowest BCUT2D eigenvalue weighted by Gasteiger charge is -2.40. The number of carbonyl (C=O) groups excluding carboxylic acids is 1. The largest absolute Gasteiger partial charge is 0.394 e. The maximum Gasteiger partial charge on any atom is 0.249 e. The Kier molecular flexibility index (Phi) is 29.5. The van der Waals surface area contributed by atoms with E-state index in [1.54, 1.807) is 0 Å². The molecular weight excluding hydrogens is 638 g/mol. The van der Waals surface area contributed by atoms with Crippen molar-refractivity contribution in [3.05, 3.63) is 12.2 Å². The summed E-state index contributed by atoms with van der Waals surface area (Å²) in [6.45, 7) is 3.61. The van der Waals surface area contributed by atoms with Gasteiger partial charge in [-0.25, -0.2) is 0 Å². The molecule has 0 aromatic heterocycles. The van der Waals surface area contributed by atoms with E-state index in [-0.39, 0.29) is 6.61 Å². The van der Waals surface area contributed by atoms with E-state index in [9.17, 15) is 35.4 Å². The summed E-state index contributed by atoms with van der Waals surface area (Å²) in [5, 5.41) is 64.5. The van der Waals surface area contributed by atoms with E-state index in [1.165, 1.54) is 96.3 Å². The van der Waals surface area contributed by atoms with E-state index >= 15 is 0 Å². The Morgan fingerprint density at radius 2 is 1.12 bits per heavy atom. The van der Waals surface area contributed by atoms with Crippen LogP contribution in [0.15, 0.2) is 12.2 Å². The highest BCUT2D eigenvalue weighted by atomic mass is 16.7. The lowest BCUT2D eigenvalue weighted by Crippen LogP contribution is -2.60. The standard InChI is InChI=1S/C40H77NO9/c1-3-5-7-9-11-13-15-17-19-20-22-24-26-28-33(43)32(31-49-40-38(47)37(46)36(45)35(30-42)50-40)41-39(48)34(44)29-27-25-23-21-18-16-14-12-10-8-6-4-2/h19-20,32-38,40,42-47H,3-18,21-31H2,1-2H3,(H,41,48)/b20-19+. The molecule has 0 aromatic carbocycles. The molecule has 0 radical (unpaired) electrons. The van der Waals surface area contributed by atoms with Gasteiger partial charge in [0.15, 0.2) is 6.29 Å². The van der Waals surface area contributed by atoms with Crippen molar-refractivity contribution in [2.75, 3.05) is 13.2 Å². The number of aliphatic hydroxyl groups is 6. The lowest BCUT2D eigenvalue weighted by atomic mass is 9.99. The Hall–Kier alpha value is -1.11. The minimum absolute atomic E-state index is 0.265. The van der Waals surface area contributed by atoms with Gasteiger partial charge in [0.2, 0.25) is 5.91 Å². The fraction of sp³-hybridized carbons (Fsp3) is 0.925. The molecule has 10 nitrogen and oxygen atoms in total. The zero-order chi connectivity index (χ0) is 36.8. The quantitative estimate of drug-likeness (QED) is 0.0302. The van der Waals surface area contributed by atoms with Crippen LogP contribution >= 0.6 is 0 Å². The van der Waals surface area contributed by atoms with Crippen molar-refractivity contribution in [1.29, 1.82) is 0 Å². The second-order valence-corrected chi connectivity index (χ2v) is 14.6. The maximum absolute atomic E-state index is 13.0. The van der Waals surface area contributed by atoms with Crippen LogP contribution in [0.4, 0.5) is 0 Å². The number of carbonyl (C=O) groups is 1. The Morgan fingerprint density at radius 3 is 1.64 bits per heavy atom. The van der Waals surface area contributed by atoms with E-state index in [4.69, 9.17) is 9.47 Å². The molecule has 1 aliphatic rings. The van der Waals surface area contributed by atoms with Crippen LogP contribution in [0.2, 0.25) is 0 Å². The van der Waals surface area contributed by atoms with Gasteiger partial charge in [0.25, 0.3) is 0 Å². The average Bonchev–Trinajstić information content (AvgIpc) is 3.11. The number of amides is 1. The predicted octanol–water partition coefficient (Wildman–Crippen LogP) is 6.36. The molecule has 1 saturated heterocycles. The second-order valence-electron chi connectivity index (χ2n) is 14.6. The number of hydrogen-bond donors (Lipinski definition) is 7. The van der Waals surface area contributed by atoms with Crippen molar-refractivity contribution in [2.24, 2.45) is 0 Å². The van der Waals surface area contributed by atoms with Crippen LogP contribution in [0.1, 0.15) is 174 Å². The minimum atomic E-state index is -1.60. The van der Waals surface area contributed by atoms with E-state index in [1.807, 2.05) is 0 Å². The normalized spacial score (nSPS) is 22.9. The molecule has 10 heteroatoms. The third-order valence-electron chi connectivity index (χ3n) is 9.98. The van der Waals surface area contributed by atoms with Crippen LogP contribution in [0.5, 0.6) is 0 Å². The molecule has 0 spiro atoms. The van der Waals surface area contributed by atoms with Gasteiger partial charge in [-0.3, -0.25) is 4.79 Å². The summed E-state index contributed by atoms with van der Waals surface area (Å²) in [7, 11) is 0. The molecule has 50 heavy (non-hydrogen) atoms. The second kappa shape index (κ2) is 31.4. The highest BCUT2D eigenvalue weighted by Gasteiger charge is 2.44. The summed E-state index contributed by atoms with van der Waals surface area (Å²) in [5.74, 6) is -0.595. The third-order valence-corrected chi connectivity index (χ3v) is 9.98. The van der Waals surface area contributed by atoms with Crippen molar-refractivity contribution >= 4 is 5.91 Å². The zero-order valence-corrected chi connectivity index (χ0v) is 31.8. The molecular formula is C40H77NO9. The number of nitrogens with one attached hydrogen (secondary N) is 1. The molecule has 0 aliphatic carbocycles. The number of hydrogen-bond acceptors (Lipinski definition) is 9. The monoisotopic (exact) mass is 716 g/mol. The third kappa shape index (κ3) is 22.1. The molecule has 0 saturated carbocycles. The van der Waals surface area contributed by atoms with Gasteiger partial charge >= 0.3 is 0 Å². The summed E-state index contributed by atoms with van der Waals surface area (Å²) in [6, 6.07) is -0.903. The van der Waals surface area contributed by atoms with E-state index in [0.717, 1.165) is 51.4 Å². The molecule has 1 fully saturated rings. The van der Waals surface area contributed by atoms with Crippen LogP contribution in [-0.2, 0) is 14.3 Å². The number of ether oxygens (including phenoxy) is 2. The van der Waals surface area contributed by atoms with Gasteiger partial charge in [-0.1, -0.05) is 148 Å². The van der Waals surface area contributed by atoms with Crippen molar-refractivity contribution in [1.82, 2.24) is 5.32 Å². The molecule has 8 atom stereocenters. The maximum atomic E-state index is 13.0. The molecule has 0 aromatic rings. The van der Waals surface area contributed by atoms with Crippen LogP contribution in [0.25, 0.3) is 0 Å². The van der Waals surface area contributed by atoms with E-state index in [2.05, 4.69) is 31.3 Å². The van der Waals surface area contributed by atoms with Crippen LogP contribution < -0.4 is 5.32 Å². The summed E-state index contributed by atoms with van der Waals surface area (Å²) in [5.41, 5.74) is 0. The van der Waals surface area contributed by atoms with Crippen molar-refractivity contribution in [3.63, 3.8) is 0 Å². The van der Waals surface area contributed by atoms with Crippen molar-refractivity contribution in [3.8, 4) is 0 Å². The molecule has 0 bridgehead atoms. The molecule has 296 valence electrons. The first-order valence-corrected chi connectivity index (χ1v) is 20.5. The Morgan fingerprint density at radius 1 is 0.660 bits per heavy atom. The van der Waals surface area contributed by atoms with Gasteiger partial charge in [0, 0.05) is 0 Å². The smallest absolute Gasteiger partial charge is 0.249 e. The average molecular weight is 716 g/mol. The fourth-order valence-corrected chi connectivity index (χ4v) is 6.51. The van der Waals surface area contributed by atoms with Gasteiger partial charge in [-0.15, -0.1) is 0 Å². The highest BCUT2D eigenvalue weighted by Crippen LogP contribution is 2.23. The molecule has 1 rings (SSSR count). The zero-order valence-electron chi connectivity index (χ0n) is 31.8. The Balaban J connectivity index is 2.49. The Bertz CT molecular complexity index is 814. The number of aliphatic hydroxyl groups excluding tert-OH is 6. The summed E-state index contributed by atoms with van der Waals surface area (Å²) in [6.07, 6.45) is 22.6. The number of unbranched alkanes of at least 4 members (excludes halogenated alkanes) is 20. The van der Waals surface area contributed by atoms with E-state index in [0.29, 0.717) is 12.8 Å². The molecule has 1 aliphatic heterocycles. The van der Waals surface area contributed by atoms with Crippen molar-refractivity contribution in [2.45, 2.75) is 223 Å².